The van der Waals surface area contributed by atoms with Gasteiger partial charge in [-0.1, -0.05) is 43.1 Å². The summed E-state index contributed by atoms with van der Waals surface area (Å²) in [6.45, 7) is 7.39. The quantitative estimate of drug-likeness (QED) is 0.609. The predicted molar refractivity (Wildman–Crippen MR) is 71.8 cm³/mol. The van der Waals surface area contributed by atoms with Crippen LogP contribution in [0.15, 0.2) is 0 Å². The number of hydrogen-bond donors (Lipinski definition) is 1. The summed E-state index contributed by atoms with van der Waals surface area (Å²) in [5.74, 6) is 0.499. The molecular formula is C13H24BrNO. The van der Waals surface area contributed by atoms with Crippen molar-refractivity contribution in [1.29, 1.82) is 0 Å². The SMILES string of the molecule is CC(Br)CCCNC(=O)C1CCCC1(C)C. The van der Waals surface area contributed by atoms with E-state index in [4.69, 9.17) is 0 Å². The van der Waals surface area contributed by atoms with Gasteiger partial charge in [0.2, 0.25) is 5.91 Å². The molecule has 2 unspecified atom stereocenters. The Labute approximate surface area is 108 Å². The lowest BCUT2D eigenvalue weighted by atomic mass is 9.81. The van der Waals surface area contributed by atoms with E-state index in [1.165, 1.54) is 12.8 Å². The van der Waals surface area contributed by atoms with Crippen LogP contribution >= 0.6 is 15.9 Å². The summed E-state index contributed by atoms with van der Waals surface area (Å²) in [5, 5.41) is 3.08. The fourth-order valence-corrected chi connectivity index (χ4v) is 2.85. The van der Waals surface area contributed by atoms with E-state index in [9.17, 15) is 4.79 Å². The molecule has 2 nitrogen and oxygen atoms in total. The summed E-state index contributed by atoms with van der Waals surface area (Å²) in [5.41, 5.74) is 0.201. The van der Waals surface area contributed by atoms with Gasteiger partial charge in [-0.15, -0.1) is 0 Å². The first kappa shape index (κ1) is 14.0. The molecule has 16 heavy (non-hydrogen) atoms. The highest BCUT2D eigenvalue weighted by Crippen LogP contribution is 2.42. The van der Waals surface area contributed by atoms with Crippen LogP contribution in [-0.4, -0.2) is 17.3 Å². The number of carbonyl (C=O) groups excluding carboxylic acids is 1. The van der Waals surface area contributed by atoms with Crippen molar-refractivity contribution in [2.24, 2.45) is 11.3 Å². The minimum Gasteiger partial charge on any atom is -0.356 e. The zero-order valence-corrected chi connectivity index (χ0v) is 12.3. The number of carbonyl (C=O) groups is 1. The third kappa shape index (κ3) is 4.08. The van der Waals surface area contributed by atoms with E-state index in [0.29, 0.717) is 4.83 Å². The lowest BCUT2D eigenvalue weighted by Gasteiger charge is -2.25. The van der Waals surface area contributed by atoms with E-state index in [0.717, 1.165) is 25.8 Å². The molecule has 1 aliphatic rings. The molecular weight excluding hydrogens is 266 g/mol. The molecule has 0 spiro atoms. The molecule has 0 aromatic heterocycles. The molecule has 1 N–H and O–H groups in total. The highest BCUT2D eigenvalue weighted by molar-refractivity contribution is 9.09. The highest BCUT2D eigenvalue weighted by Gasteiger charge is 2.38. The minimum atomic E-state index is 0.201. The van der Waals surface area contributed by atoms with Gasteiger partial charge in [-0.25, -0.2) is 0 Å². The number of hydrogen-bond acceptors (Lipinski definition) is 1. The molecule has 0 aromatic carbocycles. The summed E-state index contributed by atoms with van der Waals surface area (Å²) >= 11 is 3.51. The van der Waals surface area contributed by atoms with Gasteiger partial charge in [0, 0.05) is 17.3 Å². The topological polar surface area (TPSA) is 29.1 Å². The Bertz CT molecular complexity index is 238. The maximum absolute atomic E-state index is 12.0. The first-order valence-corrected chi connectivity index (χ1v) is 7.27. The normalized spacial score (nSPS) is 25.4. The van der Waals surface area contributed by atoms with Gasteiger partial charge in [0.1, 0.15) is 0 Å². The monoisotopic (exact) mass is 289 g/mol. The maximum atomic E-state index is 12.0. The lowest BCUT2D eigenvalue weighted by molar-refractivity contribution is -0.127. The molecule has 1 amide bonds. The Morgan fingerprint density at radius 1 is 1.56 bits per heavy atom. The predicted octanol–water partition coefficient (Wildman–Crippen LogP) is 3.49. The Balaban J connectivity index is 2.25. The third-order valence-electron chi connectivity index (χ3n) is 3.65. The molecule has 0 aromatic rings. The molecule has 0 saturated heterocycles. The van der Waals surface area contributed by atoms with Crippen molar-refractivity contribution in [2.75, 3.05) is 6.54 Å². The van der Waals surface area contributed by atoms with Crippen LogP contribution in [0.4, 0.5) is 0 Å². The first-order valence-electron chi connectivity index (χ1n) is 6.35. The number of nitrogens with one attached hydrogen (secondary N) is 1. The molecule has 1 rings (SSSR count). The lowest BCUT2D eigenvalue weighted by Crippen LogP contribution is -2.36. The molecule has 1 saturated carbocycles. The summed E-state index contributed by atoms with van der Waals surface area (Å²) in [6, 6.07) is 0. The zero-order valence-electron chi connectivity index (χ0n) is 10.7. The van der Waals surface area contributed by atoms with Crippen molar-refractivity contribution in [3.8, 4) is 0 Å². The fraction of sp³-hybridized carbons (Fsp3) is 0.923. The van der Waals surface area contributed by atoms with E-state index in [1.54, 1.807) is 0 Å². The molecule has 3 heteroatoms. The summed E-state index contributed by atoms with van der Waals surface area (Å²) in [6.07, 6.45) is 5.63. The van der Waals surface area contributed by atoms with Crippen LogP contribution in [0.25, 0.3) is 0 Å². The zero-order chi connectivity index (χ0) is 12.2. The Morgan fingerprint density at radius 3 is 2.75 bits per heavy atom. The van der Waals surface area contributed by atoms with Crippen molar-refractivity contribution in [3.05, 3.63) is 0 Å². The van der Waals surface area contributed by atoms with Crippen LogP contribution in [-0.2, 0) is 4.79 Å². The third-order valence-corrected chi connectivity index (χ3v) is 4.11. The van der Waals surface area contributed by atoms with Gasteiger partial charge in [-0.3, -0.25) is 4.79 Å². The number of halogens is 1. The van der Waals surface area contributed by atoms with E-state index in [1.807, 2.05) is 0 Å². The molecule has 0 heterocycles. The van der Waals surface area contributed by atoms with Crippen molar-refractivity contribution < 1.29 is 4.79 Å². The van der Waals surface area contributed by atoms with Crippen molar-refractivity contribution in [2.45, 2.75) is 57.7 Å². The standard InChI is InChI=1S/C13H24BrNO/c1-10(14)6-5-9-15-12(16)11-7-4-8-13(11,2)3/h10-11H,4-9H2,1-3H3,(H,15,16). The second-order valence-electron chi connectivity index (χ2n) is 5.65. The molecule has 1 fully saturated rings. The molecule has 0 radical (unpaired) electrons. The largest absolute Gasteiger partial charge is 0.356 e. The van der Waals surface area contributed by atoms with E-state index < -0.39 is 0 Å². The van der Waals surface area contributed by atoms with Gasteiger partial charge >= 0.3 is 0 Å². The Kier molecular flexibility index (Phi) is 5.29. The summed E-state index contributed by atoms with van der Waals surface area (Å²) < 4.78 is 0. The minimum absolute atomic E-state index is 0.201. The van der Waals surface area contributed by atoms with E-state index in [2.05, 4.69) is 42.0 Å². The average molecular weight is 290 g/mol. The molecule has 2 atom stereocenters. The fourth-order valence-electron chi connectivity index (χ4n) is 2.53. The van der Waals surface area contributed by atoms with Gasteiger partial charge in [-0.05, 0) is 31.1 Å². The Hall–Kier alpha value is -0.0500. The van der Waals surface area contributed by atoms with E-state index >= 15 is 0 Å². The van der Waals surface area contributed by atoms with Crippen molar-refractivity contribution >= 4 is 21.8 Å². The molecule has 94 valence electrons. The average Bonchev–Trinajstić information content (AvgIpc) is 2.52. The second-order valence-corrected chi connectivity index (χ2v) is 7.21. The van der Waals surface area contributed by atoms with Gasteiger partial charge in [0.05, 0.1) is 0 Å². The Morgan fingerprint density at radius 2 is 2.25 bits per heavy atom. The first-order chi connectivity index (χ1) is 7.43. The summed E-state index contributed by atoms with van der Waals surface area (Å²) in [7, 11) is 0. The number of amides is 1. The van der Waals surface area contributed by atoms with Crippen molar-refractivity contribution in [1.82, 2.24) is 5.32 Å². The van der Waals surface area contributed by atoms with E-state index in [-0.39, 0.29) is 17.2 Å². The van der Waals surface area contributed by atoms with Crippen LogP contribution in [0.3, 0.4) is 0 Å². The van der Waals surface area contributed by atoms with Crippen LogP contribution < -0.4 is 5.32 Å². The van der Waals surface area contributed by atoms with Crippen molar-refractivity contribution in [3.63, 3.8) is 0 Å². The van der Waals surface area contributed by atoms with Crippen LogP contribution in [0.2, 0.25) is 0 Å². The number of alkyl halides is 1. The van der Waals surface area contributed by atoms with Gasteiger partial charge in [0.25, 0.3) is 0 Å². The molecule has 1 aliphatic carbocycles. The molecule has 0 aliphatic heterocycles. The van der Waals surface area contributed by atoms with Crippen LogP contribution in [0.5, 0.6) is 0 Å². The van der Waals surface area contributed by atoms with Crippen LogP contribution in [0.1, 0.15) is 52.9 Å². The number of rotatable bonds is 5. The van der Waals surface area contributed by atoms with Crippen LogP contribution in [0, 0.1) is 11.3 Å². The molecule has 0 bridgehead atoms. The maximum Gasteiger partial charge on any atom is 0.223 e. The van der Waals surface area contributed by atoms with Gasteiger partial charge < -0.3 is 5.32 Å². The smallest absolute Gasteiger partial charge is 0.223 e. The van der Waals surface area contributed by atoms with Gasteiger partial charge in [0.15, 0.2) is 0 Å². The van der Waals surface area contributed by atoms with Gasteiger partial charge in [-0.2, -0.15) is 0 Å². The highest BCUT2D eigenvalue weighted by atomic mass is 79.9. The summed E-state index contributed by atoms with van der Waals surface area (Å²) in [4.78, 5) is 12.5. The second kappa shape index (κ2) is 6.04.